The van der Waals surface area contributed by atoms with Gasteiger partial charge in [-0.2, -0.15) is 5.10 Å². The van der Waals surface area contributed by atoms with Crippen LogP contribution in [0.1, 0.15) is 51.3 Å². The average Bonchev–Trinajstić information content (AvgIpc) is 3.43. The summed E-state index contributed by atoms with van der Waals surface area (Å²) >= 11 is 0. The summed E-state index contributed by atoms with van der Waals surface area (Å²) < 4.78 is 0. The van der Waals surface area contributed by atoms with Gasteiger partial charge >= 0.3 is 0 Å². The predicted octanol–water partition coefficient (Wildman–Crippen LogP) is 4.29. The summed E-state index contributed by atoms with van der Waals surface area (Å²) in [4.78, 5) is 32.2. The maximum absolute atomic E-state index is 13.1. The van der Waals surface area contributed by atoms with Crippen LogP contribution in [0, 0.1) is 11.3 Å². The summed E-state index contributed by atoms with van der Waals surface area (Å²) in [5.74, 6) is 0.0733. The standard InChI is InChI=1S/C26H33N5O2/c1-15(30(4)25(33)16-6-7-16)24(32)31(5)18-9-8-17-12-21(27-20(17)13-18)23-19-10-11-26(2,3)14-22(19)28-29-23/h8-9,12-13,15-16,27H,6-7,10-11,14H2,1-5H3,(H,28,29)/t15-/m0/s1. The van der Waals surface area contributed by atoms with Crippen molar-refractivity contribution in [3.05, 3.63) is 35.5 Å². The lowest BCUT2D eigenvalue weighted by Gasteiger charge is -2.29. The fourth-order valence-corrected chi connectivity index (χ4v) is 4.90. The molecule has 0 radical (unpaired) electrons. The predicted molar refractivity (Wildman–Crippen MR) is 130 cm³/mol. The number of H-pyrrole nitrogens is 2. The molecule has 1 aromatic carbocycles. The zero-order valence-electron chi connectivity index (χ0n) is 20.2. The van der Waals surface area contributed by atoms with Crippen molar-refractivity contribution in [2.45, 2.75) is 58.9 Å². The lowest BCUT2D eigenvalue weighted by molar-refractivity contribution is -0.138. The summed E-state index contributed by atoms with van der Waals surface area (Å²) in [6, 6.07) is 7.60. The smallest absolute Gasteiger partial charge is 0.249 e. The molecule has 0 saturated heterocycles. The first-order valence-electron chi connectivity index (χ1n) is 11.9. The minimum absolute atomic E-state index is 0.0689. The molecule has 2 aliphatic carbocycles. The Balaban J connectivity index is 1.38. The Morgan fingerprint density at radius 3 is 2.67 bits per heavy atom. The summed E-state index contributed by atoms with van der Waals surface area (Å²) in [7, 11) is 3.49. The minimum Gasteiger partial charge on any atom is -0.353 e. The van der Waals surface area contributed by atoms with E-state index in [2.05, 4.69) is 35.1 Å². The van der Waals surface area contributed by atoms with Gasteiger partial charge in [0.25, 0.3) is 0 Å². The molecule has 174 valence electrons. The lowest BCUT2D eigenvalue weighted by Crippen LogP contribution is -2.47. The van der Waals surface area contributed by atoms with Crippen molar-refractivity contribution in [1.82, 2.24) is 20.1 Å². The van der Waals surface area contributed by atoms with Crippen LogP contribution in [0.5, 0.6) is 0 Å². The van der Waals surface area contributed by atoms with Crippen molar-refractivity contribution in [3.8, 4) is 11.4 Å². The molecule has 0 spiro atoms. The third kappa shape index (κ3) is 3.94. The number of nitrogens with zero attached hydrogens (tertiary/aromatic N) is 3. The zero-order chi connectivity index (χ0) is 23.5. The number of likely N-dealkylation sites (N-methyl/N-ethyl adjacent to an activating group) is 2. The molecular weight excluding hydrogens is 414 g/mol. The number of carbonyl (C=O) groups excluding carboxylic acids is 2. The first-order valence-corrected chi connectivity index (χ1v) is 11.9. The van der Waals surface area contributed by atoms with E-state index < -0.39 is 6.04 Å². The normalized spacial score (nSPS) is 18.1. The van der Waals surface area contributed by atoms with Gasteiger partial charge in [0.05, 0.1) is 5.69 Å². The first kappa shape index (κ1) is 21.7. The van der Waals surface area contributed by atoms with Crippen LogP contribution < -0.4 is 4.90 Å². The highest BCUT2D eigenvalue weighted by atomic mass is 16.2. The molecule has 2 aromatic heterocycles. The molecule has 2 N–H and O–H groups in total. The molecular formula is C26H33N5O2. The number of fused-ring (bicyclic) bond motifs is 2. The molecule has 5 rings (SSSR count). The molecule has 0 aliphatic heterocycles. The van der Waals surface area contributed by atoms with Crippen LogP contribution >= 0.6 is 0 Å². The van der Waals surface area contributed by atoms with E-state index >= 15 is 0 Å². The summed E-state index contributed by atoms with van der Waals surface area (Å²) in [6.07, 6.45) is 5.06. The van der Waals surface area contributed by atoms with Crippen LogP contribution in [0.2, 0.25) is 0 Å². The number of anilines is 1. The van der Waals surface area contributed by atoms with Crippen LogP contribution in [-0.2, 0) is 22.4 Å². The van der Waals surface area contributed by atoms with Gasteiger partial charge in [-0.1, -0.05) is 19.9 Å². The lowest BCUT2D eigenvalue weighted by atomic mass is 9.76. The molecule has 2 heterocycles. The SMILES string of the molecule is C[C@@H](C(=O)N(C)c1ccc2cc(-c3n[nH]c4c3CCC(C)(C)C4)[nH]c2c1)N(C)C(=O)C1CC1. The van der Waals surface area contributed by atoms with Crippen LogP contribution in [0.3, 0.4) is 0 Å². The first-order chi connectivity index (χ1) is 15.6. The highest BCUT2D eigenvalue weighted by Gasteiger charge is 2.36. The molecule has 33 heavy (non-hydrogen) atoms. The minimum atomic E-state index is -0.502. The number of aromatic amines is 2. The molecule has 1 saturated carbocycles. The van der Waals surface area contributed by atoms with E-state index in [0.29, 0.717) is 5.41 Å². The fraction of sp³-hybridized carbons (Fsp3) is 0.500. The molecule has 0 bridgehead atoms. The van der Waals surface area contributed by atoms with Gasteiger partial charge < -0.3 is 14.8 Å². The Hall–Kier alpha value is -3.09. The number of amides is 2. The molecule has 2 amide bonds. The number of aromatic nitrogens is 3. The largest absolute Gasteiger partial charge is 0.353 e. The maximum Gasteiger partial charge on any atom is 0.249 e. The third-order valence-electron chi connectivity index (χ3n) is 7.45. The Bertz CT molecular complexity index is 1230. The molecule has 7 heteroatoms. The topological polar surface area (TPSA) is 85.1 Å². The van der Waals surface area contributed by atoms with Crippen molar-refractivity contribution in [3.63, 3.8) is 0 Å². The van der Waals surface area contributed by atoms with Crippen molar-refractivity contribution in [2.75, 3.05) is 19.0 Å². The molecule has 1 fully saturated rings. The van der Waals surface area contributed by atoms with Gasteiger partial charge in [-0.15, -0.1) is 0 Å². The highest BCUT2D eigenvalue weighted by Crippen LogP contribution is 2.38. The summed E-state index contributed by atoms with van der Waals surface area (Å²) in [5.41, 5.74) is 6.61. The molecule has 3 aromatic rings. The number of hydrogen-bond donors (Lipinski definition) is 2. The molecule has 2 aliphatic rings. The Kier molecular flexibility index (Phi) is 5.10. The fourth-order valence-electron chi connectivity index (χ4n) is 4.90. The maximum atomic E-state index is 13.1. The second-order valence-corrected chi connectivity index (χ2v) is 10.6. The van der Waals surface area contributed by atoms with Gasteiger partial charge in [0, 0.05) is 47.9 Å². The second kappa shape index (κ2) is 7.75. The molecule has 1 atom stereocenters. The van der Waals surface area contributed by atoms with Gasteiger partial charge in [0.1, 0.15) is 11.7 Å². The van der Waals surface area contributed by atoms with Gasteiger partial charge in [-0.05, 0) is 62.6 Å². The average molecular weight is 448 g/mol. The van der Waals surface area contributed by atoms with Crippen molar-refractivity contribution in [2.24, 2.45) is 11.3 Å². The van der Waals surface area contributed by atoms with Crippen molar-refractivity contribution in [1.29, 1.82) is 0 Å². The molecule has 7 nitrogen and oxygen atoms in total. The number of benzene rings is 1. The van der Waals surface area contributed by atoms with Crippen LogP contribution in [0.15, 0.2) is 24.3 Å². The van der Waals surface area contributed by atoms with E-state index in [9.17, 15) is 9.59 Å². The number of rotatable bonds is 5. The Labute approximate surface area is 194 Å². The van der Waals surface area contributed by atoms with Gasteiger partial charge in [-0.25, -0.2) is 0 Å². The van der Waals surface area contributed by atoms with Crippen molar-refractivity contribution >= 4 is 28.4 Å². The Morgan fingerprint density at radius 2 is 1.94 bits per heavy atom. The quantitative estimate of drug-likeness (QED) is 0.612. The van der Waals surface area contributed by atoms with Crippen LogP contribution in [0.4, 0.5) is 5.69 Å². The second-order valence-electron chi connectivity index (χ2n) is 10.6. The number of nitrogens with one attached hydrogen (secondary N) is 2. The van der Waals surface area contributed by atoms with E-state index in [0.717, 1.165) is 60.1 Å². The van der Waals surface area contributed by atoms with E-state index in [4.69, 9.17) is 0 Å². The van der Waals surface area contributed by atoms with E-state index in [1.807, 2.05) is 18.2 Å². The van der Waals surface area contributed by atoms with E-state index in [1.165, 1.54) is 11.3 Å². The summed E-state index contributed by atoms with van der Waals surface area (Å²) in [6.45, 7) is 6.41. The monoisotopic (exact) mass is 447 g/mol. The number of hydrogen-bond acceptors (Lipinski definition) is 3. The van der Waals surface area contributed by atoms with Crippen molar-refractivity contribution < 1.29 is 9.59 Å². The highest BCUT2D eigenvalue weighted by molar-refractivity contribution is 6.00. The van der Waals surface area contributed by atoms with Gasteiger partial charge in [0.15, 0.2) is 0 Å². The van der Waals surface area contributed by atoms with Crippen LogP contribution in [0.25, 0.3) is 22.3 Å². The summed E-state index contributed by atoms with van der Waals surface area (Å²) in [5, 5.41) is 8.97. The molecule has 0 unspecified atom stereocenters. The van der Waals surface area contributed by atoms with E-state index in [1.54, 1.807) is 30.8 Å². The van der Waals surface area contributed by atoms with Gasteiger partial charge in [-0.3, -0.25) is 14.7 Å². The zero-order valence-corrected chi connectivity index (χ0v) is 20.2. The van der Waals surface area contributed by atoms with E-state index in [-0.39, 0.29) is 17.7 Å². The van der Waals surface area contributed by atoms with Crippen LogP contribution in [-0.4, -0.2) is 52.0 Å². The number of carbonyl (C=O) groups is 2. The Morgan fingerprint density at radius 1 is 1.18 bits per heavy atom. The van der Waals surface area contributed by atoms with Gasteiger partial charge in [0.2, 0.25) is 11.8 Å². The third-order valence-corrected chi connectivity index (χ3v) is 7.45.